The standard InChI is InChI=1S/C7H5NO3S3/c9-14(10,11)5-3-1-2-4-6(5)8-7(12)13-4/h1-3H,(H,8,12)(H,9,10,11). The van der Waals surface area contributed by atoms with E-state index in [1.807, 2.05) is 0 Å². The number of hydrogen-bond acceptors (Lipinski definition) is 4. The van der Waals surface area contributed by atoms with E-state index >= 15 is 0 Å². The van der Waals surface area contributed by atoms with Gasteiger partial charge in [0.2, 0.25) is 0 Å². The number of benzene rings is 1. The van der Waals surface area contributed by atoms with Gasteiger partial charge in [0.1, 0.15) is 4.90 Å². The second kappa shape index (κ2) is 3.13. The quantitative estimate of drug-likeness (QED) is 0.598. The third-order valence-electron chi connectivity index (χ3n) is 1.70. The number of fused-ring (bicyclic) bond motifs is 1. The molecule has 1 aromatic carbocycles. The highest BCUT2D eigenvalue weighted by Crippen LogP contribution is 2.25. The Kier molecular flexibility index (Phi) is 2.18. The molecule has 0 aliphatic heterocycles. The number of aromatic nitrogens is 1. The predicted octanol–water partition coefficient (Wildman–Crippen LogP) is 2.21. The van der Waals surface area contributed by atoms with Crippen molar-refractivity contribution in [3.63, 3.8) is 0 Å². The summed E-state index contributed by atoms with van der Waals surface area (Å²) in [5, 5.41) is 0. The van der Waals surface area contributed by atoms with Crippen LogP contribution in [0.15, 0.2) is 23.1 Å². The lowest BCUT2D eigenvalue weighted by atomic mass is 10.3. The predicted molar refractivity (Wildman–Crippen MR) is 56.8 cm³/mol. The van der Waals surface area contributed by atoms with Gasteiger partial charge in [-0.1, -0.05) is 6.07 Å². The average molecular weight is 247 g/mol. The van der Waals surface area contributed by atoms with Crippen molar-refractivity contribution in [1.82, 2.24) is 4.98 Å². The zero-order valence-corrected chi connectivity index (χ0v) is 9.17. The van der Waals surface area contributed by atoms with E-state index in [0.29, 0.717) is 14.2 Å². The summed E-state index contributed by atoms with van der Waals surface area (Å²) in [4.78, 5) is 2.59. The third kappa shape index (κ3) is 1.59. The van der Waals surface area contributed by atoms with Crippen molar-refractivity contribution in [2.24, 2.45) is 0 Å². The number of para-hydroxylation sites is 1. The Morgan fingerprint density at radius 3 is 2.79 bits per heavy atom. The SMILES string of the molecule is O=S(=O)(O)c1cccc2sc(=S)[nH]c12. The van der Waals surface area contributed by atoms with Gasteiger partial charge in [-0.25, -0.2) is 0 Å². The van der Waals surface area contributed by atoms with E-state index in [4.69, 9.17) is 16.8 Å². The molecule has 0 unspecified atom stereocenters. The van der Waals surface area contributed by atoms with Crippen LogP contribution in [0.5, 0.6) is 0 Å². The molecule has 0 saturated carbocycles. The van der Waals surface area contributed by atoms with Crippen LogP contribution in [0.4, 0.5) is 0 Å². The topological polar surface area (TPSA) is 70.2 Å². The molecule has 14 heavy (non-hydrogen) atoms. The summed E-state index contributed by atoms with van der Waals surface area (Å²) in [5.74, 6) is 0. The summed E-state index contributed by atoms with van der Waals surface area (Å²) in [7, 11) is -4.19. The molecule has 0 aliphatic carbocycles. The first-order valence-electron chi connectivity index (χ1n) is 3.58. The molecule has 2 N–H and O–H groups in total. The van der Waals surface area contributed by atoms with E-state index in [9.17, 15) is 8.42 Å². The maximum atomic E-state index is 11.0. The Morgan fingerprint density at radius 2 is 2.14 bits per heavy atom. The summed E-state index contributed by atoms with van der Waals surface area (Å²) in [6.45, 7) is 0. The van der Waals surface area contributed by atoms with Crippen molar-refractivity contribution in [2.45, 2.75) is 4.90 Å². The molecule has 7 heteroatoms. The molecule has 0 spiro atoms. The number of thiazole rings is 1. The van der Waals surface area contributed by atoms with Crippen LogP contribution in [0, 0.1) is 3.95 Å². The maximum absolute atomic E-state index is 11.0. The number of H-pyrrole nitrogens is 1. The fraction of sp³-hybridized carbons (Fsp3) is 0. The van der Waals surface area contributed by atoms with Crippen LogP contribution in [-0.2, 0) is 10.1 Å². The van der Waals surface area contributed by atoms with Crippen molar-refractivity contribution in [3.8, 4) is 0 Å². The van der Waals surface area contributed by atoms with Crippen LogP contribution in [0.2, 0.25) is 0 Å². The normalized spacial score (nSPS) is 12.1. The van der Waals surface area contributed by atoms with Crippen molar-refractivity contribution in [3.05, 3.63) is 22.2 Å². The lowest BCUT2D eigenvalue weighted by Gasteiger charge is -1.96. The highest BCUT2D eigenvalue weighted by molar-refractivity contribution is 7.86. The molecule has 0 atom stereocenters. The van der Waals surface area contributed by atoms with Crippen LogP contribution in [0.1, 0.15) is 0 Å². The molecule has 0 saturated heterocycles. The summed E-state index contributed by atoms with van der Waals surface area (Å²) < 4.78 is 32.0. The Balaban J connectivity index is 2.98. The van der Waals surface area contributed by atoms with Gasteiger partial charge in [-0.05, 0) is 24.4 Å². The molecule has 1 heterocycles. The second-order valence-electron chi connectivity index (χ2n) is 2.62. The lowest BCUT2D eigenvalue weighted by Crippen LogP contribution is -1.98. The van der Waals surface area contributed by atoms with Gasteiger partial charge < -0.3 is 4.98 Å². The fourth-order valence-electron chi connectivity index (χ4n) is 1.16. The first-order chi connectivity index (χ1) is 6.48. The van der Waals surface area contributed by atoms with Gasteiger partial charge in [-0.2, -0.15) is 8.42 Å². The highest BCUT2D eigenvalue weighted by Gasteiger charge is 2.14. The van der Waals surface area contributed by atoms with E-state index < -0.39 is 10.1 Å². The molecule has 0 amide bonds. The van der Waals surface area contributed by atoms with Gasteiger partial charge in [0.05, 0.1) is 10.2 Å². The van der Waals surface area contributed by atoms with Crippen LogP contribution < -0.4 is 0 Å². The molecule has 2 aromatic rings. The van der Waals surface area contributed by atoms with E-state index in [2.05, 4.69) is 4.98 Å². The molecule has 74 valence electrons. The summed E-state index contributed by atoms with van der Waals surface area (Å²) in [5.41, 5.74) is 0.366. The zero-order chi connectivity index (χ0) is 10.3. The Hall–Kier alpha value is -0.760. The van der Waals surface area contributed by atoms with Gasteiger partial charge in [-0.15, -0.1) is 11.3 Å². The first-order valence-corrected chi connectivity index (χ1v) is 6.24. The molecular formula is C7H5NO3S3. The van der Waals surface area contributed by atoms with Crippen LogP contribution >= 0.6 is 23.6 Å². The molecule has 0 fully saturated rings. The number of aromatic amines is 1. The van der Waals surface area contributed by atoms with E-state index in [1.54, 1.807) is 12.1 Å². The molecule has 1 aromatic heterocycles. The first kappa shape index (κ1) is 9.78. The number of rotatable bonds is 1. The molecule has 0 radical (unpaired) electrons. The number of nitrogens with one attached hydrogen (secondary N) is 1. The van der Waals surface area contributed by atoms with Crippen molar-refractivity contribution >= 4 is 43.9 Å². The Labute approximate surface area is 89.0 Å². The molecule has 0 bridgehead atoms. The monoisotopic (exact) mass is 247 g/mol. The lowest BCUT2D eigenvalue weighted by molar-refractivity contribution is 0.484. The van der Waals surface area contributed by atoms with E-state index in [0.717, 1.165) is 0 Å². The molecule has 4 nitrogen and oxygen atoms in total. The Morgan fingerprint density at radius 1 is 1.43 bits per heavy atom. The summed E-state index contributed by atoms with van der Waals surface area (Å²) in [6.07, 6.45) is 0. The third-order valence-corrected chi connectivity index (χ3v) is 3.79. The zero-order valence-electron chi connectivity index (χ0n) is 6.72. The highest BCUT2D eigenvalue weighted by atomic mass is 32.2. The van der Waals surface area contributed by atoms with Crippen LogP contribution in [-0.4, -0.2) is 18.0 Å². The van der Waals surface area contributed by atoms with E-state index in [1.165, 1.54) is 17.4 Å². The molecular weight excluding hydrogens is 242 g/mol. The minimum atomic E-state index is -4.19. The second-order valence-corrected chi connectivity index (χ2v) is 5.73. The summed E-state index contributed by atoms with van der Waals surface area (Å²) >= 11 is 6.15. The van der Waals surface area contributed by atoms with Gasteiger partial charge >= 0.3 is 0 Å². The van der Waals surface area contributed by atoms with Crippen LogP contribution in [0.25, 0.3) is 10.2 Å². The molecule has 0 aliphatic rings. The summed E-state index contributed by atoms with van der Waals surface area (Å²) in [6, 6.07) is 4.63. The Bertz CT molecular complexity index is 637. The van der Waals surface area contributed by atoms with Crippen LogP contribution in [0.3, 0.4) is 0 Å². The minimum Gasteiger partial charge on any atom is -0.336 e. The van der Waals surface area contributed by atoms with Crippen molar-refractivity contribution < 1.29 is 13.0 Å². The molecule has 2 rings (SSSR count). The number of hydrogen-bond donors (Lipinski definition) is 2. The minimum absolute atomic E-state index is 0.137. The fourth-order valence-corrected chi connectivity index (χ4v) is 3.03. The largest absolute Gasteiger partial charge is 0.336 e. The van der Waals surface area contributed by atoms with Gasteiger partial charge in [0.25, 0.3) is 10.1 Å². The average Bonchev–Trinajstić information content (AvgIpc) is 2.41. The van der Waals surface area contributed by atoms with Gasteiger partial charge in [-0.3, -0.25) is 4.55 Å². The smallest absolute Gasteiger partial charge is 0.296 e. The van der Waals surface area contributed by atoms with Gasteiger partial charge in [0.15, 0.2) is 3.95 Å². The van der Waals surface area contributed by atoms with Gasteiger partial charge in [0, 0.05) is 0 Å². The van der Waals surface area contributed by atoms with E-state index in [-0.39, 0.29) is 4.90 Å². The maximum Gasteiger partial charge on any atom is 0.296 e. The van der Waals surface area contributed by atoms with Crippen molar-refractivity contribution in [2.75, 3.05) is 0 Å². The van der Waals surface area contributed by atoms with Crippen molar-refractivity contribution in [1.29, 1.82) is 0 Å².